The first-order valence-corrected chi connectivity index (χ1v) is 13.6. The molecule has 0 unspecified atom stereocenters. The van der Waals surface area contributed by atoms with Gasteiger partial charge in [0, 0.05) is 30.2 Å². The number of hydrogen-bond donors (Lipinski definition) is 3. The molecular weight excluding hydrogens is 488 g/mol. The number of rotatable bonds is 8. The van der Waals surface area contributed by atoms with E-state index in [0.717, 1.165) is 48.8 Å². The Balaban J connectivity index is 1.61. The van der Waals surface area contributed by atoms with Crippen molar-refractivity contribution in [2.24, 2.45) is 5.41 Å². The molecule has 204 valence electrons. The molecule has 2 aromatic carbocycles. The number of anilines is 1. The summed E-state index contributed by atoms with van der Waals surface area (Å²) in [6, 6.07) is 15.5. The van der Waals surface area contributed by atoms with E-state index in [1.54, 1.807) is 24.3 Å². The molecule has 1 fully saturated rings. The second-order valence-corrected chi connectivity index (χ2v) is 11.5. The summed E-state index contributed by atoms with van der Waals surface area (Å²) in [5.41, 5.74) is 4.04. The molecule has 3 aromatic rings. The normalized spacial score (nSPS) is 18.2. The van der Waals surface area contributed by atoms with Crippen molar-refractivity contribution >= 4 is 28.8 Å². The Morgan fingerprint density at radius 2 is 1.85 bits per heavy atom. The van der Waals surface area contributed by atoms with Crippen LogP contribution in [0.2, 0.25) is 0 Å². The van der Waals surface area contributed by atoms with Crippen LogP contribution in [0.3, 0.4) is 0 Å². The van der Waals surface area contributed by atoms with Gasteiger partial charge in [0.2, 0.25) is 11.9 Å². The molecule has 0 aliphatic heterocycles. The number of hydrogen-bond acceptors (Lipinski definition) is 5. The van der Waals surface area contributed by atoms with Crippen molar-refractivity contribution < 1.29 is 9.59 Å². The Labute approximate surface area is 230 Å². The molecule has 0 saturated heterocycles. The first kappa shape index (κ1) is 28.1. The van der Waals surface area contributed by atoms with Crippen molar-refractivity contribution in [2.45, 2.75) is 78.0 Å². The third kappa shape index (κ3) is 6.73. The summed E-state index contributed by atoms with van der Waals surface area (Å²) in [7, 11) is 0. The lowest BCUT2D eigenvalue weighted by atomic mass is 9.88. The maximum atomic E-state index is 13.2. The zero-order valence-electron chi connectivity index (χ0n) is 23.3. The van der Waals surface area contributed by atoms with E-state index in [0.29, 0.717) is 23.1 Å². The Morgan fingerprint density at radius 3 is 2.46 bits per heavy atom. The lowest BCUT2D eigenvalue weighted by Crippen LogP contribution is -2.37. The molecule has 1 heterocycles. The van der Waals surface area contributed by atoms with E-state index >= 15 is 0 Å². The van der Waals surface area contributed by atoms with E-state index in [2.05, 4.69) is 79.1 Å². The molecular formula is C31H38N6O2. The van der Waals surface area contributed by atoms with Gasteiger partial charge in [0.1, 0.15) is 0 Å². The molecule has 1 aliphatic rings. The van der Waals surface area contributed by atoms with Gasteiger partial charge in [-0.2, -0.15) is 5.26 Å². The number of benzene rings is 2. The first-order chi connectivity index (χ1) is 18.6. The Morgan fingerprint density at radius 1 is 1.15 bits per heavy atom. The molecule has 39 heavy (non-hydrogen) atoms. The van der Waals surface area contributed by atoms with Crippen LogP contribution in [0.25, 0.3) is 11.0 Å². The lowest BCUT2D eigenvalue weighted by molar-refractivity contribution is -0.117. The van der Waals surface area contributed by atoms with Crippen molar-refractivity contribution in [3.05, 3.63) is 71.8 Å². The van der Waals surface area contributed by atoms with Gasteiger partial charge < -0.3 is 15.2 Å². The number of fused-ring (bicyclic) bond motifs is 1. The van der Waals surface area contributed by atoms with Crippen LogP contribution >= 0.6 is 0 Å². The molecule has 1 saturated carbocycles. The first-order valence-electron chi connectivity index (χ1n) is 13.6. The van der Waals surface area contributed by atoms with Gasteiger partial charge in [0.25, 0.3) is 5.91 Å². The second kappa shape index (κ2) is 11.8. The molecule has 3 N–H and O–H groups in total. The average molecular weight is 527 g/mol. The van der Waals surface area contributed by atoms with E-state index in [9.17, 15) is 9.59 Å². The number of aromatic nitrogens is 2. The Bertz CT molecular complexity index is 1390. The molecule has 1 atom stereocenters. The summed E-state index contributed by atoms with van der Waals surface area (Å²) in [5, 5.41) is 18.7. The van der Waals surface area contributed by atoms with Crippen LogP contribution in [0.5, 0.6) is 0 Å². The third-order valence-corrected chi connectivity index (χ3v) is 7.76. The van der Waals surface area contributed by atoms with E-state index in [1.165, 1.54) is 6.08 Å². The Kier molecular flexibility index (Phi) is 8.51. The summed E-state index contributed by atoms with van der Waals surface area (Å²) in [6.07, 6.45) is 4.67. The number of amides is 2. The van der Waals surface area contributed by atoms with Gasteiger partial charge in [-0.3, -0.25) is 14.9 Å². The van der Waals surface area contributed by atoms with Crippen LogP contribution in [-0.2, 0) is 11.3 Å². The highest BCUT2D eigenvalue weighted by Gasteiger charge is 2.27. The van der Waals surface area contributed by atoms with Crippen LogP contribution in [0.15, 0.2) is 55.1 Å². The minimum absolute atomic E-state index is 0.112. The highest BCUT2D eigenvalue weighted by atomic mass is 16.2. The molecule has 1 aromatic heterocycles. The monoisotopic (exact) mass is 526 g/mol. The molecule has 0 bridgehead atoms. The Hall–Kier alpha value is -3.96. The van der Waals surface area contributed by atoms with Crippen LogP contribution in [0.1, 0.15) is 80.9 Å². The standard InChI is InChI=1S/C31H38N6O2/c1-6-28(38)34-24-12-14-25(15-13-24)37-27-16-9-22(19-33-20(2)31(3,4)5)17-26(27)35-30(37)36-29(39)23-10-7-21(18-32)8-11-23/h6-11,16-17,20,24-25,33H,1,12-15,19H2,2-5H3,(H,34,38)(H,35,36,39)/t20-,24-,25+/m0/s1. The van der Waals surface area contributed by atoms with Crippen LogP contribution in [-0.4, -0.2) is 33.4 Å². The zero-order valence-corrected chi connectivity index (χ0v) is 23.3. The smallest absolute Gasteiger partial charge is 0.257 e. The second-order valence-electron chi connectivity index (χ2n) is 11.5. The predicted molar refractivity (Wildman–Crippen MR) is 154 cm³/mol. The molecule has 0 radical (unpaired) electrons. The number of imidazole rings is 1. The number of carbonyl (C=O) groups is 2. The van der Waals surface area contributed by atoms with Crippen molar-refractivity contribution in [2.75, 3.05) is 5.32 Å². The van der Waals surface area contributed by atoms with Crippen LogP contribution in [0.4, 0.5) is 5.95 Å². The fourth-order valence-electron chi connectivity index (χ4n) is 4.90. The lowest BCUT2D eigenvalue weighted by Gasteiger charge is -2.31. The minimum atomic E-state index is -0.274. The van der Waals surface area contributed by atoms with E-state index in [4.69, 9.17) is 10.2 Å². The number of nitrogens with zero attached hydrogens (tertiary/aromatic N) is 3. The summed E-state index contributed by atoms with van der Waals surface area (Å²) in [4.78, 5) is 29.8. The van der Waals surface area contributed by atoms with Gasteiger partial charge in [-0.05, 0) is 86.1 Å². The quantitative estimate of drug-likeness (QED) is 0.337. The predicted octanol–water partition coefficient (Wildman–Crippen LogP) is 5.47. The van der Waals surface area contributed by atoms with Crippen LogP contribution < -0.4 is 16.0 Å². The van der Waals surface area contributed by atoms with Crippen molar-refractivity contribution in [1.82, 2.24) is 20.2 Å². The van der Waals surface area contributed by atoms with Gasteiger partial charge in [-0.15, -0.1) is 0 Å². The van der Waals surface area contributed by atoms with Gasteiger partial charge in [-0.1, -0.05) is 33.4 Å². The van der Waals surface area contributed by atoms with Crippen LogP contribution in [0, 0.1) is 16.7 Å². The molecule has 0 spiro atoms. The third-order valence-electron chi connectivity index (χ3n) is 7.76. The van der Waals surface area contributed by atoms with Gasteiger partial charge in [0.05, 0.1) is 22.7 Å². The molecule has 1 aliphatic carbocycles. The maximum Gasteiger partial charge on any atom is 0.257 e. The molecule has 8 heteroatoms. The minimum Gasteiger partial charge on any atom is -0.350 e. The summed E-state index contributed by atoms with van der Waals surface area (Å²) in [5.74, 6) is 0.0822. The van der Waals surface area contributed by atoms with Gasteiger partial charge in [0.15, 0.2) is 0 Å². The molecule has 2 amide bonds. The highest BCUT2D eigenvalue weighted by Crippen LogP contribution is 2.35. The zero-order chi connectivity index (χ0) is 28.2. The number of carbonyl (C=O) groups excluding carboxylic acids is 2. The van der Waals surface area contributed by atoms with Crippen molar-refractivity contribution in [3.8, 4) is 6.07 Å². The highest BCUT2D eigenvalue weighted by molar-refractivity contribution is 6.04. The average Bonchev–Trinajstić information content (AvgIpc) is 3.28. The summed E-state index contributed by atoms with van der Waals surface area (Å²) in [6.45, 7) is 13.1. The van der Waals surface area contributed by atoms with Crippen molar-refractivity contribution in [1.29, 1.82) is 5.26 Å². The van der Waals surface area contributed by atoms with Crippen molar-refractivity contribution in [3.63, 3.8) is 0 Å². The van der Waals surface area contributed by atoms with E-state index < -0.39 is 0 Å². The van der Waals surface area contributed by atoms with Gasteiger partial charge >= 0.3 is 0 Å². The number of nitriles is 1. The fourth-order valence-corrected chi connectivity index (χ4v) is 4.90. The van der Waals surface area contributed by atoms with E-state index in [-0.39, 0.29) is 29.3 Å². The summed E-state index contributed by atoms with van der Waals surface area (Å²) < 4.78 is 2.14. The topological polar surface area (TPSA) is 112 Å². The largest absolute Gasteiger partial charge is 0.350 e. The fraction of sp³-hybridized carbons (Fsp3) is 0.419. The SMILES string of the molecule is C=CC(=O)N[C@H]1CC[C@@H](n2c(NC(=O)c3ccc(C#N)cc3)nc3cc(CN[C@@H](C)C(C)(C)C)ccc32)CC1. The van der Waals surface area contributed by atoms with E-state index in [1.807, 2.05) is 0 Å². The van der Waals surface area contributed by atoms with Gasteiger partial charge in [-0.25, -0.2) is 4.98 Å². The molecule has 8 nitrogen and oxygen atoms in total. The maximum absolute atomic E-state index is 13.2. The number of nitrogens with one attached hydrogen (secondary N) is 3. The molecule has 4 rings (SSSR count). The summed E-state index contributed by atoms with van der Waals surface area (Å²) >= 11 is 0.